The first kappa shape index (κ1) is 19.5. The maximum atomic E-state index is 6.16. The molecule has 4 nitrogen and oxygen atoms in total. The lowest BCUT2D eigenvalue weighted by Crippen LogP contribution is -2.09. The van der Waals surface area contributed by atoms with Gasteiger partial charge in [0.05, 0.1) is 12.3 Å². The van der Waals surface area contributed by atoms with Crippen LogP contribution < -0.4 is 10.1 Å². The highest BCUT2D eigenvalue weighted by molar-refractivity contribution is 6.33. The van der Waals surface area contributed by atoms with Crippen molar-refractivity contribution < 1.29 is 4.74 Å². The molecule has 0 unspecified atom stereocenters. The van der Waals surface area contributed by atoms with Crippen molar-refractivity contribution in [3.8, 4) is 5.75 Å². The van der Waals surface area contributed by atoms with Gasteiger partial charge < -0.3 is 10.1 Å². The van der Waals surface area contributed by atoms with Crippen molar-refractivity contribution >= 4 is 17.4 Å². The zero-order valence-electron chi connectivity index (χ0n) is 15.4. The molecule has 1 heterocycles. The summed E-state index contributed by atoms with van der Waals surface area (Å²) in [6.07, 6.45) is 7.35. The Balaban J connectivity index is 1.73. The molecular weight excluding hydrogens is 334 g/mol. The first-order chi connectivity index (χ1) is 12.1. The van der Waals surface area contributed by atoms with Gasteiger partial charge in [-0.3, -0.25) is 0 Å². The van der Waals surface area contributed by atoms with Crippen LogP contribution in [0, 0.1) is 13.8 Å². The summed E-state index contributed by atoms with van der Waals surface area (Å²) in [5.74, 6) is 1.65. The summed E-state index contributed by atoms with van der Waals surface area (Å²) in [4.78, 5) is 8.21. The van der Waals surface area contributed by atoms with Crippen molar-refractivity contribution in [2.45, 2.75) is 52.9 Å². The fourth-order valence-electron chi connectivity index (χ4n) is 2.65. The minimum absolute atomic E-state index is 0.581. The molecule has 0 radical (unpaired) electrons. The molecule has 5 heteroatoms. The van der Waals surface area contributed by atoms with Crippen LogP contribution in [0.5, 0.6) is 5.75 Å². The van der Waals surface area contributed by atoms with Crippen LogP contribution in [0.25, 0.3) is 0 Å². The van der Waals surface area contributed by atoms with E-state index in [0.717, 1.165) is 30.8 Å². The monoisotopic (exact) mass is 361 g/mol. The highest BCUT2D eigenvalue weighted by Crippen LogP contribution is 2.22. The third-order valence-electron chi connectivity index (χ3n) is 4.14. The SMILES string of the molecule is CCCCCc1ccc(OCCCNc2ncnc(C)c2Cl)c(C)c1. The van der Waals surface area contributed by atoms with Crippen LogP contribution in [0.1, 0.15) is 49.4 Å². The van der Waals surface area contributed by atoms with Crippen LogP contribution in [0.2, 0.25) is 5.02 Å². The quantitative estimate of drug-likeness (QED) is 0.578. The number of rotatable bonds is 10. The molecule has 1 N–H and O–H groups in total. The number of ether oxygens (including phenoxy) is 1. The van der Waals surface area contributed by atoms with Gasteiger partial charge in [0.1, 0.15) is 22.9 Å². The highest BCUT2D eigenvalue weighted by atomic mass is 35.5. The van der Waals surface area contributed by atoms with E-state index in [1.165, 1.54) is 36.7 Å². The van der Waals surface area contributed by atoms with Gasteiger partial charge in [-0.1, -0.05) is 43.5 Å². The summed E-state index contributed by atoms with van der Waals surface area (Å²) in [6.45, 7) is 7.62. The minimum Gasteiger partial charge on any atom is -0.493 e. The number of nitrogens with one attached hydrogen (secondary N) is 1. The van der Waals surface area contributed by atoms with E-state index >= 15 is 0 Å². The van der Waals surface area contributed by atoms with Gasteiger partial charge in [0.2, 0.25) is 0 Å². The molecule has 0 aliphatic rings. The molecular formula is C20H28ClN3O. The van der Waals surface area contributed by atoms with Gasteiger partial charge in [-0.15, -0.1) is 0 Å². The Labute approximate surface area is 156 Å². The van der Waals surface area contributed by atoms with Crippen LogP contribution >= 0.6 is 11.6 Å². The van der Waals surface area contributed by atoms with E-state index in [-0.39, 0.29) is 0 Å². The standard InChI is InChI=1S/C20H28ClN3O/c1-4-5-6-8-17-9-10-18(15(2)13-17)25-12-7-11-22-20-19(21)16(3)23-14-24-20/h9-10,13-14H,4-8,11-12H2,1-3H3,(H,22,23,24). The average Bonchev–Trinajstić information content (AvgIpc) is 2.60. The predicted molar refractivity (Wildman–Crippen MR) is 105 cm³/mol. The topological polar surface area (TPSA) is 47.0 Å². The zero-order valence-corrected chi connectivity index (χ0v) is 16.2. The van der Waals surface area contributed by atoms with E-state index in [4.69, 9.17) is 16.3 Å². The van der Waals surface area contributed by atoms with Gasteiger partial charge in [0.15, 0.2) is 0 Å². The maximum absolute atomic E-state index is 6.16. The Bertz CT molecular complexity index is 676. The van der Waals surface area contributed by atoms with Gasteiger partial charge in [0, 0.05) is 6.54 Å². The Morgan fingerprint density at radius 1 is 1.12 bits per heavy atom. The molecule has 0 saturated carbocycles. The number of hydrogen-bond donors (Lipinski definition) is 1. The predicted octanol–water partition coefficient (Wildman–Crippen LogP) is 5.36. The number of anilines is 1. The third kappa shape index (κ3) is 6.20. The number of halogens is 1. The lowest BCUT2D eigenvalue weighted by Gasteiger charge is -2.12. The Morgan fingerprint density at radius 2 is 1.96 bits per heavy atom. The van der Waals surface area contributed by atoms with Gasteiger partial charge in [0.25, 0.3) is 0 Å². The Hall–Kier alpha value is -1.81. The molecule has 1 aromatic carbocycles. The van der Waals surface area contributed by atoms with Crippen LogP contribution in [0.4, 0.5) is 5.82 Å². The van der Waals surface area contributed by atoms with Crippen molar-refractivity contribution in [2.24, 2.45) is 0 Å². The number of benzene rings is 1. The molecule has 0 spiro atoms. The summed E-state index contributed by atoms with van der Waals surface area (Å²) in [6, 6.07) is 6.51. The number of aryl methyl sites for hydroxylation is 3. The second-order valence-electron chi connectivity index (χ2n) is 6.31. The summed E-state index contributed by atoms with van der Waals surface area (Å²) in [7, 11) is 0. The van der Waals surface area contributed by atoms with Gasteiger partial charge in [-0.2, -0.15) is 0 Å². The number of unbranched alkanes of at least 4 members (excludes halogenated alkanes) is 2. The zero-order chi connectivity index (χ0) is 18.1. The van der Waals surface area contributed by atoms with Crippen LogP contribution in [0.3, 0.4) is 0 Å². The molecule has 0 atom stereocenters. The second kappa shape index (κ2) is 10.2. The molecule has 0 aliphatic carbocycles. The van der Waals surface area contributed by atoms with Gasteiger partial charge >= 0.3 is 0 Å². The van der Waals surface area contributed by atoms with E-state index in [0.29, 0.717) is 17.4 Å². The van der Waals surface area contributed by atoms with E-state index in [9.17, 15) is 0 Å². The van der Waals surface area contributed by atoms with E-state index in [1.54, 1.807) is 0 Å². The fraction of sp³-hybridized carbons (Fsp3) is 0.500. The summed E-state index contributed by atoms with van der Waals surface area (Å²) >= 11 is 6.16. The molecule has 0 saturated heterocycles. The lowest BCUT2D eigenvalue weighted by molar-refractivity contribution is 0.313. The summed E-state index contributed by atoms with van der Waals surface area (Å²) < 4.78 is 5.90. The van der Waals surface area contributed by atoms with Crippen molar-refractivity contribution in [2.75, 3.05) is 18.5 Å². The molecule has 1 aromatic heterocycles. The second-order valence-corrected chi connectivity index (χ2v) is 6.69. The van der Waals surface area contributed by atoms with Crippen molar-refractivity contribution in [3.63, 3.8) is 0 Å². The van der Waals surface area contributed by atoms with Gasteiger partial charge in [-0.05, 0) is 50.3 Å². The number of aromatic nitrogens is 2. The number of nitrogens with zero attached hydrogens (tertiary/aromatic N) is 2. The molecule has 0 fully saturated rings. The molecule has 0 amide bonds. The lowest BCUT2D eigenvalue weighted by atomic mass is 10.0. The number of hydrogen-bond acceptors (Lipinski definition) is 4. The van der Waals surface area contributed by atoms with Crippen LogP contribution in [0.15, 0.2) is 24.5 Å². The van der Waals surface area contributed by atoms with E-state index < -0.39 is 0 Å². The van der Waals surface area contributed by atoms with Crippen LogP contribution in [-0.4, -0.2) is 23.1 Å². The molecule has 0 bridgehead atoms. The first-order valence-corrected chi connectivity index (χ1v) is 9.43. The molecule has 136 valence electrons. The summed E-state index contributed by atoms with van der Waals surface area (Å²) in [5.41, 5.74) is 3.38. The maximum Gasteiger partial charge on any atom is 0.148 e. The van der Waals surface area contributed by atoms with E-state index in [2.05, 4.69) is 47.3 Å². The van der Waals surface area contributed by atoms with Gasteiger partial charge in [-0.25, -0.2) is 9.97 Å². The van der Waals surface area contributed by atoms with Crippen molar-refractivity contribution in [1.29, 1.82) is 0 Å². The fourth-order valence-corrected chi connectivity index (χ4v) is 2.81. The molecule has 2 aromatic rings. The first-order valence-electron chi connectivity index (χ1n) is 9.05. The Kier molecular flexibility index (Phi) is 7.99. The minimum atomic E-state index is 0.581. The highest BCUT2D eigenvalue weighted by Gasteiger charge is 2.05. The largest absolute Gasteiger partial charge is 0.493 e. The third-order valence-corrected chi connectivity index (χ3v) is 4.60. The normalized spacial score (nSPS) is 10.7. The molecule has 0 aliphatic heterocycles. The van der Waals surface area contributed by atoms with E-state index in [1.807, 2.05) is 6.92 Å². The smallest absolute Gasteiger partial charge is 0.148 e. The Morgan fingerprint density at radius 3 is 2.72 bits per heavy atom. The van der Waals surface area contributed by atoms with Crippen molar-refractivity contribution in [3.05, 3.63) is 46.4 Å². The molecule has 25 heavy (non-hydrogen) atoms. The van der Waals surface area contributed by atoms with Crippen molar-refractivity contribution in [1.82, 2.24) is 9.97 Å². The summed E-state index contributed by atoms with van der Waals surface area (Å²) in [5, 5.41) is 3.81. The average molecular weight is 362 g/mol. The molecule has 2 rings (SSSR count). The van der Waals surface area contributed by atoms with Crippen LogP contribution in [-0.2, 0) is 6.42 Å².